The molecule has 0 unspecified atom stereocenters. The largest absolute Gasteiger partial charge is 0.345 e. The Kier molecular flexibility index (Phi) is 6.52. The zero-order valence-corrected chi connectivity index (χ0v) is 17.7. The van der Waals surface area contributed by atoms with E-state index in [2.05, 4.69) is 5.32 Å². The summed E-state index contributed by atoms with van der Waals surface area (Å²) in [6, 6.07) is 11.4. The first kappa shape index (κ1) is 21.9. The van der Waals surface area contributed by atoms with Crippen molar-refractivity contribution in [3.8, 4) is 0 Å². The van der Waals surface area contributed by atoms with Crippen molar-refractivity contribution in [3.05, 3.63) is 59.9 Å². The molecule has 2 aromatic rings. The molecule has 1 fully saturated rings. The van der Waals surface area contributed by atoms with Crippen molar-refractivity contribution in [1.29, 1.82) is 0 Å². The fraction of sp³-hybridized carbons (Fsp3) is 0.333. The van der Waals surface area contributed by atoms with E-state index >= 15 is 0 Å². The molecule has 1 aliphatic heterocycles. The van der Waals surface area contributed by atoms with Crippen LogP contribution >= 0.6 is 0 Å². The van der Waals surface area contributed by atoms with Gasteiger partial charge in [0.25, 0.3) is 5.91 Å². The molecule has 0 aromatic heterocycles. The van der Waals surface area contributed by atoms with Crippen molar-refractivity contribution >= 4 is 27.5 Å². The van der Waals surface area contributed by atoms with Crippen molar-refractivity contribution in [2.75, 3.05) is 32.5 Å². The second kappa shape index (κ2) is 8.93. The molecule has 0 saturated carbocycles. The van der Waals surface area contributed by atoms with E-state index in [9.17, 15) is 22.4 Å². The Morgan fingerprint density at radius 3 is 2.10 bits per heavy atom. The number of hydrogen-bond donors (Lipinski definition) is 1. The Balaban J connectivity index is 1.57. The standard InChI is InChI=1S/C21H24FN3O4S/c1-24(2)21(27)16-3-7-18(8-4-16)23-20(26)15-11-13-25(14-12-15)30(28,29)19-9-5-17(22)6-10-19/h3-10,15H,11-14H2,1-2H3,(H,23,26). The number of hydrogen-bond acceptors (Lipinski definition) is 4. The van der Waals surface area contributed by atoms with Crippen LogP contribution in [0.4, 0.5) is 10.1 Å². The first-order valence-corrected chi connectivity index (χ1v) is 11.0. The van der Waals surface area contributed by atoms with Gasteiger partial charge in [-0.05, 0) is 61.4 Å². The highest BCUT2D eigenvalue weighted by Crippen LogP contribution is 2.25. The topological polar surface area (TPSA) is 86.8 Å². The summed E-state index contributed by atoms with van der Waals surface area (Å²) in [5, 5.41) is 2.83. The number of rotatable bonds is 5. The van der Waals surface area contributed by atoms with E-state index in [0.717, 1.165) is 12.1 Å². The molecule has 9 heteroatoms. The van der Waals surface area contributed by atoms with Gasteiger partial charge in [-0.15, -0.1) is 0 Å². The lowest BCUT2D eigenvalue weighted by molar-refractivity contribution is -0.120. The Morgan fingerprint density at radius 1 is 1.00 bits per heavy atom. The molecule has 0 bridgehead atoms. The molecule has 1 N–H and O–H groups in total. The summed E-state index contributed by atoms with van der Waals surface area (Å²) in [6.07, 6.45) is 0.785. The fourth-order valence-electron chi connectivity index (χ4n) is 3.31. The van der Waals surface area contributed by atoms with E-state index in [0.29, 0.717) is 24.1 Å². The first-order chi connectivity index (χ1) is 14.2. The summed E-state index contributed by atoms with van der Waals surface area (Å²) in [5.74, 6) is -1.11. The number of nitrogens with zero attached hydrogens (tertiary/aromatic N) is 2. The highest BCUT2D eigenvalue weighted by molar-refractivity contribution is 7.89. The molecule has 1 aliphatic rings. The molecule has 7 nitrogen and oxygen atoms in total. The van der Waals surface area contributed by atoms with Crippen molar-refractivity contribution in [2.24, 2.45) is 5.92 Å². The molecule has 2 aromatic carbocycles. The van der Waals surface area contributed by atoms with Crippen LogP contribution in [0, 0.1) is 11.7 Å². The van der Waals surface area contributed by atoms with Gasteiger partial charge in [0.1, 0.15) is 5.82 Å². The average molecular weight is 434 g/mol. The molecule has 30 heavy (non-hydrogen) atoms. The molecule has 0 aliphatic carbocycles. The van der Waals surface area contributed by atoms with Crippen LogP contribution in [0.1, 0.15) is 23.2 Å². The average Bonchev–Trinajstić information content (AvgIpc) is 2.74. The van der Waals surface area contributed by atoms with Gasteiger partial charge in [-0.2, -0.15) is 4.31 Å². The number of carbonyl (C=O) groups excluding carboxylic acids is 2. The summed E-state index contributed by atoms with van der Waals surface area (Å²) in [6.45, 7) is 0.433. The minimum absolute atomic E-state index is 0.0409. The lowest BCUT2D eigenvalue weighted by Gasteiger charge is -2.30. The highest BCUT2D eigenvalue weighted by atomic mass is 32.2. The Labute approximate surface area is 175 Å². The van der Waals surface area contributed by atoms with Crippen molar-refractivity contribution < 1.29 is 22.4 Å². The van der Waals surface area contributed by atoms with E-state index in [1.54, 1.807) is 38.4 Å². The Bertz CT molecular complexity index is 1010. The number of carbonyl (C=O) groups is 2. The highest BCUT2D eigenvalue weighted by Gasteiger charge is 2.32. The number of benzene rings is 2. The van der Waals surface area contributed by atoms with Crippen LogP contribution in [0.3, 0.4) is 0 Å². The lowest BCUT2D eigenvalue weighted by Crippen LogP contribution is -2.41. The number of nitrogens with one attached hydrogen (secondary N) is 1. The predicted molar refractivity (Wildman–Crippen MR) is 111 cm³/mol. The van der Waals surface area contributed by atoms with Gasteiger partial charge >= 0.3 is 0 Å². The molecule has 0 spiro atoms. The second-order valence-corrected chi connectivity index (χ2v) is 9.34. The quantitative estimate of drug-likeness (QED) is 0.785. The van der Waals surface area contributed by atoms with Crippen LogP contribution in [-0.2, 0) is 14.8 Å². The zero-order valence-electron chi connectivity index (χ0n) is 16.8. The van der Waals surface area contributed by atoms with E-state index in [4.69, 9.17) is 0 Å². The van der Waals surface area contributed by atoms with Gasteiger partial charge < -0.3 is 10.2 Å². The van der Waals surface area contributed by atoms with Crippen LogP contribution in [-0.4, -0.2) is 56.6 Å². The van der Waals surface area contributed by atoms with Crippen LogP contribution in [0.15, 0.2) is 53.4 Å². The first-order valence-electron chi connectivity index (χ1n) is 9.57. The van der Waals surface area contributed by atoms with Crippen molar-refractivity contribution in [2.45, 2.75) is 17.7 Å². The van der Waals surface area contributed by atoms with Crippen LogP contribution in [0.2, 0.25) is 0 Å². The van der Waals surface area contributed by atoms with Crippen LogP contribution in [0.5, 0.6) is 0 Å². The van der Waals surface area contributed by atoms with E-state index < -0.39 is 15.8 Å². The Hall–Kier alpha value is -2.78. The minimum Gasteiger partial charge on any atom is -0.345 e. The van der Waals surface area contributed by atoms with Crippen LogP contribution in [0.25, 0.3) is 0 Å². The maximum absolute atomic E-state index is 13.1. The minimum atomic E-state index is -3.71. The summed E-state index contributed by atoms with van der Waals surface area (Å²) in [4.78, 5) is 26.0. The summed E-state index contributed by atoms with van der Waals surface area (Å²) >= 11 is 0. The normalized spacial score (nSPS) is 15.6. The molecular weight excluding hydrogens is 409 g/mol. The molecule has 160 valence electrons. The predicted octanol–water partition coefficient (Wildman–Crippen LogP) is 2.57. The third-order valence-electron chi connectivity index (χ3n) is 5.08. The SMILES string of the molecule is CN(C)C(=O)c1ccc(NC(=O)C2CCN(S(=O)(=O)c3ccc(F)cc3)CC2)cc1. The van der Waals surface area contributed by atoms with Crippen molar-refractivity contribution in [3.63, 3.8) is 0 Å². The van der Waals surface area contributed by atoms with Crippen LogP contribution < -0.4 is 5.32 Å². The third kappa shape index (κ3) is 4.85. The molecule has 0 atom stereocenters. The molecule has 3 rings (SSSR count). The van der Waals surface area contributed by atoms with Gasteiger partial charge in [-0.1, -0.05) is 0 Å². The van der Waals surface area contributed by atoms with E-state index in [1.807, 2.05) is 0 Å². The molecule has 1 saturated heterocycles. The number of amides is 2. The monoisotopic (exact) mass is 433 g/mol. The zero-order chi connectivity index (χ0) is 21.9. The number of sulfonamides is 1. The summed E-state index contributed by atoms with van der Waals surface area (Å²) in [5.41, 5.74) is 1.11. The summed E-state index contributed by atoms with van der Waals surface area (Å²) < 4.78 is 39.7. The number of anilines is 1. The molecule has 2 amide bonds. The van der Waals surface area contributed by atoms with Gasteiger partial charge in [0.15, 0.2) is 0 Å². The van der Waals surface area contributed by atoms with Crippen molar-refractivity contribution in [1.82, 2.24) is 9.21 Å². The molecular formula is C21H24FN3O4S. The van der Waals surface area contributed by atoms with Gasteiger partial charge in [0, 0.05) is 44.4 Å². The Morgan fingerprint density at radius 2 is 1.57 bits per heavy atom. The summed E-state index contributed by atoms with van der Waals surface area (Å²) in [7, 11) is -0.373. The lowest BCUT2D eigenvalue weighted by atomic mass is 9.97. The maximum Gasteiger partial charge on any atom is 0.253 e. The number of piperidine rings is 1. The fourth-order valence-corrected chi connectivity index (χ4v) is 4.78. The smallest absolute Gasteiger partial charge is 0.253 e. The van der Waals surface area contributed by atoms with Gasteiger partial charge in [0.05, 0.1) is 4.90 Å². The molecule has 0 radical (unpaired) electrons. The van der Waals surface area contributed by atoms with Gasteiger partial charge in [-0.25, -0.2) is 12.8 Å². The maximum atomic E-state index is 13.1. The van der Waals surface area contributed by atoms with E-state index in [1.165, 1.54) is 21.3 Å². The third-order valence-corrected chi connectivity index (χ3v) is 6.99. The number of halogens is 1. The molecule has 1 heterocycles. The van der Waals surface area contributed by atoms with E-state index in [-0.39, 0.29) is 35.7 Å². The van der Waals surface area contributed by atoms with Gasteiger partial charge in [-0.3, -0.25) is 9.59 Å². The second-order valence-electron chi connectivity index (χ2n) is 7.40. The van der Waals surface area contributed by atoms with Gasteiger partial charge in [0.2, 0.25) is 15.9 Å².